The first kappa shape index (κ1) is 42.3. The molecule has 16 heteroatoms. The number of hydrogen-bond donors (Lipinski definition) is 2. The van der Waals surface area contributed by atoms with Crippen molar-refractivity contribution in [2.45, 2.75) is 104 Å². The van der Waals surface area contributed by atoms with Crippen LogP contribution in [-0.2, 0) is 56.1 Å². The van der Waals surface area contributed by atoms with Crippen molar-refractivity contribution in [2.75, 3.05) is 40.4 Å². The topological polar surface area (TPSA) is 131 Å². The number of thiazole rings is 1. The Bertz CT molecular complexity index is 2310. The monoisotopic (exact) mass is 849 g/mol. The Morgan fingerprint density at radius 2 is 1.92 bits per heavy atom. The lowest BCUT2D eigenvalue weighted by molar-refractivity contribution is -0.155. The molecule has 322 valence electrons. The van der Waals surface area contributed by atoms with E-state index in [1.165, 1.54) is 20.9 Å². The largest absolute Gasteiger partial charge is 0.464 e. The highest BCUT2D eigenvalue weighted by Gasteiger charge is 2.42. The number of benzene rings is 1. The Hall–Kier alpha value is -4.38. The van der Waals surface area contributed by atoms with Gasteiger partial charge in [0.25, 0.3) is 5.91 Å². The number of methoxy groups -OCH3 is 1. The SMILES string of the molecule is CO[C@@H](C)c1nc2c(cc1-c1c3c4cc(ccc4n1CC(F)(F)F)-c1csc(n1)C[C@H](NC(=O)[C@H]1C[C@@H]1C)C(=O)N1CCC[C@H](N1)C(=O)OCC(C)(C)C3)CCN(C)CC2. The molecule has 12 nitrogen and oxygen atoms in total. The number of fused-ring (bicyclic) bond motifs is 7. The van der Waals surface area contributed by atoms with Crippen molar-refractivity contribution >= 4 is 40.0 Å². The molecule has 5 atom stereocenters. The van der Waals surface area contributed by atoms with Crippen LogP contribution in [-0.4, -0.2) is 101 Å². The molecule has 0 unspecified atom stereocenters. The number of nitrogens with zero attached hydrogens (tertiary/aromatic N) is 5. The minimum absolute atomic E-state index is 0.0349. The lowest BCUT2D eigenvalue weighted by Crippen LogP contribution is -2.60. The second-order valence-electron chi connectivity index (χ2n) is 17.9. The van der Waals surface area contributed by atoms with Gasteiger partial charge in [0.05, 0.1) is 34.8 Å². The summed E-state index contributed by atoms with van der Waals surface area (Å²) >= 11 is 1.35. The molecular weight excluding hydrogens is 796 g/mol. The number of esters is 1. The van der Waals surface area contributed by atoms with Crippen LogP contribution in [0, 0.1) is 17.3 Å². The van der Waals surface area contributed by atoms with Crippen molar-refractivity contribution < 1.29 is 37.0 Å². The van der Waals surface area contributed by atoms with Gasteiger partial charge in [-0.25, -0.2) is 10.4 Å². The number of cyclic esters (lactones) is 1. The van der Waals surface area contributed by atoms with E-state index in [0.29, 0.717) is 81.9 Å². The average Bonchev–Trinajstić information content (AvgIpc) is 3.73. The van der Waals surface area contributed by atoms with E-state index in [1.54, 1.807) is 19.2 Å². The van der Waals surface area contributed by atoms with Gasteiger partial charge in [-0.05, 0) is 81.3 Å². The smallest absolute Gasteiger partial charge is 0.406 e. The molecule has 2 amide bonds. The fourth-order valence-electron chi connectivity index (χ4n) is 8.86. The summed E-state index contributed by atoms with van der Waals surface area (Å²) in [4.78, 5) is 53.4. The maximum absolute atomic E-state index is 14.8. The molecule has 6 heterocycles. The molecule has 4 aliphatic rings. The maximum Gasteiger partial charge on any atom is 0.406 e. The van der Waals surface area contributed by atoms with Crippen LogP contribution in [0.1, 0.15) is 80.6 Å². The number of likely N-dealkylation sites (N-methyl/N-ethyl adjacent to an activating group) is 1. The molecule has 1 saturated carbocycles. The zero-order chi connectivity index (χ0) is 42.7. The first-order valence-corrected chi connectivity index (χ1v) is 21.8. The number of alkyl halides is 3. The molecule has 1 saturated heterocycles. The summed E-state index contributed by atoms with van der Waals surface area (Å²) in [6.45, 7) is 8.42. The molecule has 3 aromatic heterocycles. The van der Waals surface area contributed by atoms with Crippen molar-refractivity contribution in [2.24, 2.45) is 17.3 Å². The zero-order valence-electron chi connectivity index (χ0n) is 35.1. The molecule has 1 aliphatic carbocycles. The highest BCUT2D eigenvalue weighted by atomic mass is 32.1. The van der Waals surface area contributed by atoms with E-state index < -0.39 is 42.3 Å². The number of pyridine rings is 1. The number of ether oxygens (including phenoxy) is 2. The molecule has 2 N–H and O–H groups in total. The van der Waals surface area contributed by atoms with Crippen molar-refractivity contribution in [1.82, 2.24) is 35.2 Å². The minimum atomic E-state index is -4.56. The van der Waals surface area contributed by atoms with E-state index in [-0.39, 0.29) is 43.1 Å². The summed E-state index contributed by atoms with van der Waals surface area (Å²) in [5.74, 6) is -1.01. The summed E-state index contributed by atoms with van der Waals surface area (Å²) in [7, 11) is 3.63. The van der Waals surface area contributed by atoms with Gasteiger partial charge < -0.3 is 24.3 Å². The molecular formula is C44H54F3N7O5S. The van der Waals surface area contributed by atoms with Crippen LogP contribution in [0.25, 0.3) is 33.4 Å². The second kappa shape index (κ2) is 16.5. The second-order valence-corrected chi connectivity index (χ2v) is 18.9. The van der Waals surface area contributed by atoms with Crippen LogP contribution in [0.3, 0.4) is 0 Å². The van der Waals surface area contributed by atoms with Crippen LogP contribution in [0.5, 0.6) is 0 Å². The molecule has 3 aliphatic heterocycles. The Balaban J connectivity index is 1.31. The molecule has 0 spiro atoms. The van der Waals surface area contributed by atoms with Gasteiger partial charge in [0.1, 0.15) is 18.6 Å². The van der Waals surface area contributed by atoms with E-state index in [1.807, 2.05) is 45.2 Å². The number of nitrogens with one attached hydrogen (secondary N) is 2. The average molecular weight is 850 g/mol. The van der Waals surface area contributed by atoms with Gasteiger partial charge in [-0.15, -0.1) is 11.3 Å². The molecule has 60 heavy (non-hydrogen) atoms. The standard InChI is InChI=1S/C44H54F3N7O5S/c1-24-16-28(24)40(55)50-34-19-37-48-35(21-60-37)26-9-10-36-29(17-26)31(20-43(3,4)23-59-42(57)33-8-7-13-54(51-33)41(34)56)39(53(36)22-44(45,46)47)30-18-27-11-14-52(5)15-12-32(27)49-38(30)25(2)58-6/h9-10,17-18,21,24-25,28,33-34,51H,7-8,11-16,19-20,22-23H2,1-6H3,(H,50,55)/t24-,25-,28-,33-,34-/m0/s1. The maximum atomic E-state index is 14.8. The zero-order valence-corrected chi connectivity index (χ0v) is 35.9. The number of aromatic nitrogens is 3. The molecule has 0 radical (unpaired) electrons. The van der Waals surface area contributed by atoms with Gasteiger partial charge in [0.15, 0.2) is 0 Å². The van der Waals surface area contributed by atoms with Gasteiger partial charge in [0, 0.05) is 84.0 Å². The fraction of sp³-hybridized carbons (Fsp3) is 0.568. The third-order valence-electron chi connectivity index (χ3n) is 12.5. The molecule has 6 bridgehead atoms. The fourth-order valence-corrected chi connectivity index (χ4v) is 9.72. The Morgan fingerprint density at radius 1 is 1.15 bits per heavy atom. The van der Waals surface area contributed by atoms with Crippen LogP contribution >= 0.6 is 11.3 Å². The van der Waals surface area contributed by atoms with Crippen molar-refractivity contribution in [3.05, 3.63) is 57.2 Å². The van der Waals surface area contributed by atoms with E-state index in [2.05, 4.69) is 22.7 Å². The number of halogens is 3. The number of carbonyl (C=O) groups is 3. The van der Waals surface area contributed by atoms with Gasteiger partial charge >= 0.3 is 12.1 Å². The van der Waals surface area contributed by atoms with E-state index >= 15 is 0 Å². The number of carbonyl (C=O) groups excluding carboxylic acids is 3. The Morgan fingerprint density at radius 3 is 2.65 bits per heavy atom. The minimum Gasteiger partial charge on any atom is -0.464 e. The highest BCUT2D eigenvalue weighted by Crippen LogP contribution is 2.44. The quantitative estimate of drug-likeness (QED) is 0.211. The molecule has 1 aromatic carbocycles. The summed E-state index contributed by atoms with van der Waals surface area (Å²) in [6, 6.07) is 5.69. The van der Waals surface area contributed by atoms with Crippen LogP contribution in [0.2, 0.25) is 0 Å². The lowest BCUT2D eigenvalue weighted by Gasteiger charge is -2.35. The summed E-state index contributed by atoms with van der Waals surface area (Å²) in [5.41, 5.74) is 8.18. The molecule has 2 fully saturated rings. The lowest BCUT2D eigenvalue weighted by atomic mass is 9.84. The number of rotatable bonds is 6. The van der Waals surface area contributed by atoms with Crippen LogP contribution < -0.4 is 10.7 Å². The predicted molar refractivity (Wildman–Crippen MR) is 222 cm³/mol. The number of amides is 2. The van der Waals surface area contributed by atoms with Crippen LogP contribution in [0.4, 0.5) is 13.2 Å². The van der Waals surface area contributed by atoms with Gasteiger partial charge in [-0.3, -0.25) is 24.4 Å². The van der Waals surface area contributed by atoms with Crippen molar-refractivity contribution in [3.8, 4) is 22.5 Å². The van der Waals surface area contributed by atoms with E-state index in [4.69, 9.17) is 19.4 Å². The van der Waals surface area contributed by atoms with Crippen LogP contribution in [0.15, 0.2) is 29.6 Å². The van der Waals surface area contributed by atoms with E-state index in [0.717, 1.165) is 30.8 Å². The highest BCUT2D eigenvalue weighted by molar-refractivity contribution is 7.10. The summed E-state index contributed by atoms with van der Waals surface area (Å²) in [6.07, 6.45) is -1.56. The van der Waals surface area contributed by atoms with Crippen molar-refractivity contribution in [1.29, 1.82) is 0 Å². The third-order valence-corrected chi connectivity index (χ3v) is 13.4. The first-order chi connectivity index (χ1) is 28.5. The molecule has 4 aromatic rings. The summed E-state index contributed by atoms with van der Waals surface area (Å²) in [5, 5.41) is 7.50. The van der Waals surface area contributed by atoms with Crippen molar-refractivity contribution in [3.63, 3.8) is 0 Å². The van der Waals surface area contributed by atoms with Gasteiger partial charge in [-0.1, -0.05) is 26.8 Å². The Labute approximate surface area is 352 Å². The third kappa shape index (κ3) is 8.84. The Kier molecular flexibility index (Phi) is 11.6. The predicted octanol–water partition coefficient (Wildman–Crippen LogP) is 6.43. The number of hydrogen-bond acceptors (Lipinski definition) is 10. The first-order valence-electron chi connectivity index (χ1n) is 20.9. The van der Waals surface area contributed by atoms with Gasteiger partial charge in [0.2, 0.25) is 5.91 Å². The normalized spacial score (nSPS) is 24.3. The van der Waals surface area contributed by atoms with Gasteiger partial charge in [-0.2, -0.15) is 13.2 Å². The number of hydrazine groups is 1. The summed E-state index contributed by atoms with van der Waals surface area (Å²) < 4.78 is 57.7. The van der Waals surface area contributed by atoms with E-state index in [9.17, 15) is 27.6 Å². The molecule has 8 rings (SSSR count).